The van der Waals surface area contributed by atoms with Crippen molar-refractivity contribution in [1.82, 2.24) is 5.43 Å². The lowest BCUT2D eigenvalue weighted by Gasteiger charge is -2.14. The second kappa shape index (κ2) is 5.99. The van der Waals surface area contributed by atoms with E-state index < -0.39 is 9.70 Å². The van der Waals surface area contributed by atoms with Crippen LogP contribution in [0.15, 0.2) is 29.4 Å². The Morgan fingerprint density at radius 2 is 1.85 bits per heavy atom. The Morgan fingerprint density at radius 3 is 2.35 bits per heavy atom. The van der Waals surface area contributed by atoms with E-state index in [0.29, 0.717) is 18.5 Å². The number of hydrogen-bond donors (Lipinski definition) is 2. The highest BCUT2D eigenvalue weighted by Crippen LogP contribution is 2.27. The zero-order valence-electron chi connectivity index (χ0n) is 10.1. The predicted octanol–water partition coefficient (Wildman–Crippen LogP) is 2.61. The molecule has 0 unspecified atom stereocenters. The van der Waals surface area contributed by atoms with Crippen molar-refractivity contribution in [2.75, 3.05) is 5.32 Å². The predicted molar refractivity (Wildman–Crippen MR) is 79.3 cm³/mol. The highest BCUT2D eigenvalue weighted by molar-refractivity contribution is 6.76. The number of hydrazone groups is 1. The lowest BCUT2D eigenvalue weighted by atomic mass is 10.0. The standard InChI is InChI=1S/C12H10Cl3N3O2/c13-12(14,15)11(20)16-8-3-1-7(2-4-8)9-5-6-10(19)18-17-9/h1-4H,5-6H2,(H,16,20)(H,18,19). The summed E-state index contributed by atoms with van der Waals surface area (Å²) in [6.07, 6.45) is 0.982. The number of carbonyl (C=O) groups is 2. The van der Waals surface area contributed by atoms with Gasteiger partial charge in [0, 0.05) is 18.5 Å². The number of rotatable bonds is 2. The van der Waals surface area contributed by atoms with Crippen LogP contribution in [0.3, 0.4) is 0 Å². The van der Waals surface area contributed by atoms with E-state index in [1.807, 2.05) is 0 Å². The van der Waals surface area contributed by atoms with Crippen molar-refractivity contribution in [1.29, 1.82) is 0 Å². The maximum Gasteiger partial charge on any atom is 0.276 e. The van der Waals surface area contributed by atoms with E-state index in [4.69, 9.17) is 34.8 Å². The third-order valence-electron chi connectivity index (χ3n) is 2.64. The van der Waals surface area contributed by atoms with Gasteiger partial charge in [0.15, 0.2) is 0 Å². The minimum absolute atomic E-state index is 0.0969. The van der Waals surface area contributed by atoms with Crippen LogP contribution in [0.1, 0.15) is 18.4 Å². The number of nitrogens with one attached hydrogen (secondary N) is 2. The lowest BCUT2D eigenvalue weighted by molar-refractivity contribution is -0.121. The Bertz CT molecular complexity index is 564. The Hall–Kier alpha value is -1.30. The fourth-order valence-electron chi connectivity index (χ4n) is 1.63. The first-order valence-corrected chi connectivity index (χ1v) is 6.83. The molecule has 1 aromatic rings. The van der Waals surface area contributed by atoms with Gasteiger partial charge in [-0.1, -0.05) is 46.9 Å². The molecule has 0 saturated carbocycles. The maximum atomic E-state index is 11.5. The average molecular weight is 335 g/mol. The van der Waals surface area contributed by atoms with E-state index in [-0.39, 0.29) is 5.91 Å². The van der Waals surface area contributed by atoms with Gasteiger partial charge in [-0.3, -0.25) is 9.59 Å². The van der Waals surface area contributed by atoms with Gasteiger partial charge in [-0.25, -0.2) is 5.43 Å². The molecule has 5 nitrogen and oxygen atoms in total. The van der Waals surface area contributed by atoms with Crippen molar-refractivity contribution < 1.29 is 9.59 Å². The van der Waals surface area contributed by atoms with E-state index in [1.165, 1.54) is 0 Å². The molecule has 1 heterocycles. The highest BCUT2D eigenvalue weighted by Gasteiger charge is 2.30. The summed E-state index contributed by atoms with van der Waals surface area (Å²) in [6.45, 7) is 0. The van der Waals surface area contributed by atoms with Crippen LogP contribution in [-0.4, -0.2) is 21.3 Å². The summed E-state index contributed by atoms with van der Waals surface area (Å²) in [7, 11) is 0. The topological polar surface area (TPSA) is 70.6 Å². The molecule has 0 fully saturated rings. The number of amides is 2. The molecule has 20 heavy (non-hydrogen) atoms. The summed E-state index contributed by atoms with van der Waals surface area (Å²) < 4.78 is -2.00. The van der Waals surface area contributed by atoms with Crippen LogP contribution in [0.4, 0.5) is 5.69 Å². The number of anilines is 1. The molecule has 0 aromatic heterocycles. The van der Waals surface area contributed by atoms with Gasteiger partial charge < -0.3 is 5.32 Å². The zero-order valence-corrected chi connectivity index (χ0v) is 12.4. The molecule has 0 spiro atoms. The molecule has 0 saturated heterocycles. The molecule has 2 amide bonds. The van der Waals surface area contributed by atoms with Crippen LogP contribution >= 0.6 is 34.8 Å². The van der Waals surface area contributed by atoms with Gasteiger partial charge in [-0.2, -0.15) is 5.10 Å². The molecular formula is C12H10Cl3N3O2. The van der Waals surface area contributed by atoms with Gasteiger partial charge in [-0.15, -0.1) is 0 Å². The van der Waals surface area contributed by atoms with Gasteiger partial charge in [0.1, 0.15) is 0 Å². The van der Waals surface area contributed by atoms with Crippen LogP contribution in [0.2, 0.25) is 0 Å². The molecule has 0 aliphatic carbocycles. The van der Waals surface area contributed by atoms with Gasteiger partial charge in [-0.05, 0) is 17.7 Å². The van der Waals surface area contributed by atoms with Crippen molar-refractivity contribution in [3.63, 3.8) is 0 Å². The normalized spacial score (nSPS) is 15.3. The van der Waals surface area contributed by atoms with Crippen molar-refractivity contribution in [2.24, 2.45) is 5.10 Å². The molecule has 0 atom stereocenters. The Kier molecular flexibility index (Phi) is 4.52. The molecule has 1 aliphatic rings. The smallest absolute Gasteiger partial charge is 0.276 e. The van der Waals surface area contributed by atoms with Crippen LogP contribution in [-0.2, 0) is 9.59 Å². The Labute approximate surface area is 130 Å². The molecule has 1 aliphatic heterocycles. The molecule has 2 N–H and O–H groups in total. The molecule has 8 heteroatoms. The second-order valence-electron chi connectivity index (χ2n) is 4.12. The number of nitrogens with zero attached hydrogens (tertiary/aromatic N) is 1. The maximum absolute atomic E-state index is 11.5. The van der Waals surface area contributed by atoms with Gasteiger partial charge in [0.05, 0.1) is 5.71 Å². The number of carbonyl (C=O) groups excluding carboxylic acids is 2. The van der Waals surface area contributed by atoms with Crippen LogP contribution in [0.5, 0.6) is 0 Å². The van der Waals surface area contributed by atoms with E-state index in [0.717, 1.165) is 11.3 Å². The summed E-state index contributed by atoms with van der Waals surface area (Å²) >= 11 is 16.4. The summed E-state index contributed by atoms with van der Waals surface area (Å²) in [5, 5.41) is 6.45. The summed E-state index contributed by atoms with van der Waals surface area (Å²) in [6, 6.07) is 6.87. The molecule has 1 aromatic carbocycles. The van der Waals surface area contributed by atoms with E-state index in [1.54, 1.807) is 24.3 Å². The first kappa shape index (κ1) is 15.1. The van der Waals surface area contributed by atoms with Crippen molar-refractivity contribution in [3.8, 4) is 0 Å². The quantitative estimate of drug-likeness (QED) is 0.816. The van der Waals surface area contributed by atoms with Crippen molar-refractivity contribution in [3.05, 3.63) is 29.8 Å². The van der Waals surface area contributed by atoms with Crippen molar-refractivity contribution in [2.45, 2.75) is 16.6 Å². The van der Waals surface area contributed by atoms with Crippen LogP contribution in [0, 0.1) is 0 Å². The molecule has 106 valence electrons. The van der Waals surface area contributed by atoms with E-state index >= 15 is 0 Å². The van der Waals surface area contributed by atoms with Gasteiger partial charge in [0.25, 0.3) is 9.70 Å². The highest BCUT2D eigenvalue weighted by atomic mass is 35.6. The van der Waals surface area contributed by atoms with Crippen LogP contribution < -0.4 is 10.7 Å². The van der Waals surface area contributed by atoms with E-state index in [9.17, 15) is 9.59 Å². The average Bonchev–Trinajstić information content (AvgIpc) is 2.39. The monoisotopic (exact) mass is 333 g/mol. The molecule has 0 radical (unpaired) electrons. The minimum Gasteiger partial charge on any atom is -0.322 e. The zero-order chi connectivity index (χ0) is 14.8. The summed E-state index contributed by atoms with van der Waals surface area (Å²) in [4.78, 5) is 22.5. The molecule has 2 rings (SSSR count). The van der Waals surface area contributed by atoms with Crippen molar-refractivity contribution >= 4 is 58.0 Å². The summed E-state index contributed by atoms with van der Waals surface area (Å²) in [5.41, 5.74) is 4.57. The fourth-order valence-corrected chi connectivity index (χ4v) is 1.77. The third-order valence-corrected chi connectivity index (χ3v) is 3.15. The Morgan fingerprint density at radius 1 is 1.20 bits per heavy atom. The number of alkyl halides is 3. The first-order chi connectivity index (χ1) is 9.36. The van der Waals surface area contributed by atoms with Gasteiger partial charge in [0.2, 0.25) is 5.91 Å². The number of halogens is 3. The first-order valence-electron chi connectivity index (χ1n) is 5.70. The third kappa shape index (κ3) is 3.85. The molecule has 0 bridgehead atoms. The molecular weight excluding hydrogens is 325 g/mol. The SMILES string of the molecule is O=C1CCC(c2ccc(NC(=O)C(Cl)(Cl)Cl)cc2)=NN1. The second-order valence-corrected chi connectivity index (χ2v) is 6.40. The number of hydrogen-bond acceptors (Lipinski definition) is 3. The Balaban J connectivity index is 2.07. The summed E-state index contributed by atoms with van der Waals surface area (Å²) in [5.74, 6) is -0.821. The number of benzene rings is 1. The van der Waals surface area contributed by atoms with Gasteiger partial charge >= 0.3 is 0 Å². The largest absolute Gasteiger partial charge is 0.322 e. The van der Waals surface area contributed by atoms with Crippen LogP contribution in [0.25, 0.3) is 0 Å². The fraction of sp³-hybridized carbons (Fsp3) is 0.250. The minimum atomic E-state index is -2.00. The van der Waals surface area contributed by atoms with E-state index in [2.05, 4.69) is 15.8 Å². The lowest BCUT2D eigenvalue weighted by Crippen LogP contribution is -2.27.